The molecule has 2 rings (SSSR count). The minimum Gasteiger partial charge on any atom is -0.491 e. The van der Waals surface area contributed by atoms with Crippen molar-refractivity contribution in [3.63, 3.8) is 0 Å². The van der Waals surface area contributed by atoms with Gasteiger partial charge in [0.2, 0.25) is 0 Å². The molecule has 1 aliphatic rings. The molecule has 6 heteroatoms. The molecule has 0 bridgehead atoms. The molecule has 0 aromatic heterocycles. The fourth-order valence-electron chi connectivity index (χ4n) is 2.26. The second-order valence-electron chi connectivity index (χ2n) is 5.93. The second-order valence-corrected chi connectivity index (χ2v) is 5.93. The van der Waals surface area contributed by atoms with Gasteiger partial charge in [-0.1, -0.05) is 19.1 Å². The fraction of sp³-hybridized carbons (Fsp3) is 0.500. The monoisotopic (exact) mass is 306 g/mol. The number of nitrogens with one attached hydrogen (secondary N) is 1. The summed E-state index contributed by atoms with van der Waals surface area (Å²) in [7, 11) is 0. The number of nitrogens with zero attached hydrogens (tertiary/aromatic N) is 1. The van der Waals surface area contributed by atoms with Crippen molar-refractivity contribution in [2.24, 2.45) is 0 Å². The zero-order chi connectivity index (χ0) is 16.3. The first-order valence-electron chi connectivity index (χ1n) is 7.37. The number of imide groups is 1. The maximum atomic E-state index is 12.0. The average molecular weight is 306 g/mol. The largest absolute Gasteiger partial charge is 0.491 e. The summed E-state index contributed by atoms with van der Waals surface area (Å²) in [4.78, 5) is 24.8. The summed E-state index contributed by atoms with van der Waals surface area (Å²) < 4.78 is 5.48. The molecule has 1 saturated heterocycles. The Labute approximate surface area is 130 Å². The highest BCUT2D eigenvalue weighted by Crippen LogP contribution is 2.17. The number of amides is 3. The van der Waals surface area contributed by atoms with E-state index in [0.717, 1.165) is 11.3 Å². The van der Waals surface area contributed by atoms with Gasteiger partial charge in [0.25, 0.3) is 5.91 Å². The zero-order valence-corrected chi connectivity index (χ0v) is 13.1. The Morgan fingerprint density at radius 3 is 2.41 bits per heavy atom. The fourth-order valence-corrected chi connectivity index (χ4v) is 2.26. The number of β-amino-alcohol motifs (C(OH)–C–C–N with tert-alkyl or cyclic N) is 1. The third-order valence-electron chi connectivity index (χ3n) is 3.61. The van der Waals surface area contributed by atoms with Crippen molar-refractivity contribution in [2.45, 2.75) is 38.8 Å². The van der Waals surface area contributed by atoms with Crippen LogP contribution in [-0.4, -0.2) is 46.7 Å². The van der Waals surface area contributed by atoms with Crippen LogP contribution in [0.25, 0.3) is 0 Å². The first-order chi connectivity index (χ1) is 10.3. The number of aliphatic hydroxyl groups excluding tert-OH is 1. The van der Waals surface area contributed by atoms with Crippen molar-refractivity contribution >= 4 is 11.9 Å². The van der Waals surface area contributed by atoms with Crippen LogP contribution in [0.15, 0.2) is 24.3 Å². The van der Waals surface area contributed by atoms with E-state index in [0.29, 0.717) is 5.75 Å². The number of carbonyl (C=O) groups is 2. The summed E-state index contributed by atoms with van der Waals surface area (Å²) in [5.41, 5.74) is 0.280. The summed E-state index contributed by atoms with van der Waals surface area (Å²) in [5.74, 6) is 0.303. The Balaban J connectivity index is 1.86. The molecule has 1 fully saturated rings. The molecule has 1 aliphatic heterocycles. The number of hydrogen-bond acceptors (Lipinski definition) is 4. The summed E-state index contributed by atoms with van der Waals surface area (Å²) in [6.45, 7) is 5.26. The number of benzene rings is 1. The number of urea groups is 1. The second kappa shape index (κ2) is 6.36. The molecule has 0 saturated carbocycles. The smallest absolute Gasteiger partial charge is 0.325 e. The van der Waals surface area contributed by atoms with Gasteiger partial charge in [0.15, 0.2) is 0 Å². The predicted octanol–water partition coefficient (Wildman–Crippen LogP) is 1.32. The van der Waals surface area contributed by atoms with Gasteiger partial charge in [0.05, 0.1) is 6.54 Å². The van der Waals surface area contributed by atoms with Gasteiger partial charge in [0.1, 0.15) is 24.0 Å². The quantitative estimate of drug-likeness (QED) is 0.777. The van der Waals surface area contributed by atoms with Crippen LogP contribution in [0.1, 0.15) is 26.3 Å². The molecule has 0 unspecified atom stereocenters. The van der Waals surface area contributed by atoms with Crippen molar-refractivity contribution < 1.29 is 19.4 Å². The van der Waals surface area contributed by atoms with Crippen LogP contribution in [0.2, 0.25) is 0 Å². The van der Waals surface area contributed by atoms with Crippen molar-refractivity contribution in [2.75, 3.05) is 13.2 Å². The van der Waals surface area contributed by atoms with Crippen LogP contribution in [0.4, 0.5) is 4.79 Å². The molecule has 0 radical (unpaired) electrons. The van der Waals surface area contributed by atoms with Crippen LogP contribution in [-0.2, 0) is 11.2 Å². The zero-order valence-electron chi connectivity index (χ0n) is 13.1. The standard InChI is InChI=1S/C16H22N2O4/c1-4-11-5-7-13(8-6-11)22-10-12(19)9-18-14(20)16(2,3)17-15(18)21/h5-8,12,19H,4,9-10H2,1-3H3,(H,17,21)/t12-/m1/s1. The number of carbonyl (C=O) groups excluding carboxylic acids is 2. The lowest BCUT2D eigenvalue weighted by Crippen LogP contribution is -2.42. The first-order valence-corrected chi connectivity index (χ1v) is 7.37. The van der Waals surface area contributed by atoms with Crippen LogP contribution in [0.5, 0.6) is 5.75 Å². The highest BCUT2D eigenvalue weighted by molar-refractivity contribution is 6.06. The third kappa shape index (κ3) is 3.57. The molecule has 1 aromatic rings. The van der Waals surface area contributed by atoms with E-state index in [1.807, 2.05) is 24.3 Å². The van der Waals surface area contributed by atoms with E-state index >= 15 is 0 Å². The minimum absolute atomic E-state index is 0.0168. The topological polar surface area (TPSA) is 78.9 Å². The van der Waals surface area contributed by atoms with Gasteiger partial charge >= 0.3 is 6.03 Å². The SMILES string of the molecule is CCc1ccc(OC[C@H](O)CN2C(=O)NC(C)(C)C2=O)cc1. The van der Waals surface area contributed by atoms with Gasteiger partial charge in [-0.15, -0.1) is 0 Å². The Bertz CT molecular complexity index is 554. The van der Waals surface area contributed by atoms with E-state index < -0.39 is 17.7 Å². The Morgan fingerprint density at radius 1 is 1.27 bits per heavy atom. The lowest BCUT2D eigenvalue weighted by molar-refractivity contribution is -0.131. The molecular weight excluding hydrogens is 284 g/mol. The molecule has 0 spiro atoms. The minimum atomic E-state index is -0.936. The third-order valence-corrected chi connectivity index (χ3v) is 3.61. The molecule has 3 amide bonds. The number of aryl methyl sites for hydroxylation is 1. The molecule has 1 heterocycles. The van der Waals surface area contributed by atoms with Gasteiger partial charge in [-0.3, -0.25) is 9.69 Å². The van der Waals surface area contributed by atoms with Crippen LogP contribution >= 0.6 is 0 Å². The summed E-state index contributed by atoms with van der Waals surface area (Å²) >= 11 is 0. The molecule has 0 aliphatic carbocycles. The van der Waals surface area contributed by atoms with Crippen molar-refractivity contribution in [3.05, 3.63) is 29.8 Å². The molecular formula is C16H22N2O4. The van der Waals surface area contributed by atoms with Crippen molar-refractivity contribution in [1.82, 2.24) is 10.2 Å². The van der Waals surface area contributed by atoms with E-state index in [4.69, 9.17) is 4.74 Å². The molecule has 2 N–H and O–H groups in total. The number of rotatable bonds is 6. The van der Waals surface area contributed by atoms with E-state index in [1.54, 1.807) is 13.8 Å². The van der Waals surface area contributed by atoms with Crippen LogP contribution < -0.4 is 10.1 Å². The van der Waals surface area contributed by atoms with E-state index in [1.165, 1.54) is 5.56 Å². The molecule has 120 valence electrons. The van der Waals surface area contributed by atoms with Gasteiger partial charge in [0, 0.05) is 0 Å². The van der Waals surface area contributed by atoms with Crippen LogP contribution in [0, 0.1) is 0 Å². The first kappa shape index (κ1) is 16.3. The number of ether oxygens (including phenoxy) is 1. The Morgan fingerprint density at radius 2 is 1.91 bits per heavy atom. The highest BCUT2D eigenvalue weighted by atomic mass is 16.5. The maximum absolute atomic E-state index is 12.0. The van der Waals surface area contributed by atoms with Gasteiger partial charge in [-0.05, 0) is 38.0 Å². The average Bonchev–Trinajstić information content (AvgIpc) is 2.67. The lowest BCUT2D eigenvalue weighted by atomic mass is 10.1. The van der Waals surface area contributed by atoms with E-state index in [9.17, 15) is 14.7 Å². The molecule has 1 atom stereocenters. The van der Waals surface area contributed by atoms with E-state index in [-0.39, 0.29) is 19.1 Å². The van der Waals surface area contributed by atoms with Gasteiger partial charge < -0.3 is 15.2 Å². The molecule has 6 nitrogen and oxygen atoms in total. The Hall–Kier alpha value is -2.08. The number of aliphatic hydroxyl groups is 1. The van der Waals surface area contributed by atoms with Gasteiger partial charge in [-0.2, -0.15) is 0 Å². The molecule has 22 heavy (non-hydrogen) atoms. The van der Waals surface area contributed by atoms with Crippen molar-refractivity contribution in [1.29, 1.82) is 0 Å². The molecule has 1 aromatic carbocycles. The number of hydrogen-bond donors (Lipinski definition) is 2. The van der Waals surface area contributed by atoms with E-state index in [2.05, 4.69) is 12.2 Å². The Kier molecular flexibility index (Phi) is 4.71. The summed E-state index contributed by atoms with van der Waals surface area (Å²) in [6.07, 6.45) is 0.0136. The normalized spacial score (nSPS) is 18.3. The highest BCUT2D eigenvalue weighted by Gasteiger charge is 2.44. The lowest BCUT2D eigenvalue weighted by Gasteiger charge is -2.19. The predicted molar refractivity (Wildman–Crippen MR) is 81.6 cm³/mol. The maximum Gasteiger partial charge on any atom is 0.325 e. The van der Waals surface area contributed by atoms with Crippen molar-refractivity contribution in [3.8, 4) is 5.75 Å². The summed E-state index contributed by atoms with van der Waals surface area (Å²) in [5, 5.41) is 12.5. The van der Waals surface area contributed by atoms with Crippen LogP contribution in [0.3, 0.4) is 0 Å². The van der Waals surface area contributed by atoms with Gasteiger partial charge in [-0.25, -0.2) is 4.79 Å². The summed E-state index contributed by atoms with van der Waals surface area (Å²) in [6, 6.07) is 7.11.